The minimum absolute atomic E-state index is 0.113. The molecular weight excluding hydrogens is 327 g/mol. The fourth-order valence-corrected chi connectivity index (χ4v) is 3.75. The second kappa shape index (κ2) is 7.32. The molecule has 7 nitrogen and oxygen atoms in total. The van der Waals surface area contributed by atoms with Gasteiger partial charge >= 0.3 is 6.18 Å². The summed E-state index contributed by atoms with van der Waals surface area (Å²) in [5, 5.41) is 10.7. The summed E-state index contributed by atoms with van der Waals surface area (Å²) in [5.74, 6) is 0.549. The van der Waals surface area contributed by atoms with Crippen LogP contribution in [0.15, 0.2) is 0 Å². The van der Waals surface area contributed by atoms with E-state index in [4.69, 9.17) is 9.47 Å². The van der Waals surface area contributed by atoms with Gasteiger partial charge in [-0.1, -0.05) is 6.42 Å². The molecule has 2 heterocycles. The molecule has 1 aromatic heterocycles. The van der Waals surface area contributed by atoms with E-state index < -0.39 is 12.7 Å². The van der Waals surface area contributed by atoms with Gasteiger partial charge in [-0.2, -0.15) is 13.2 Å². The van der Waals surface area contributed by atoms with E-state index in [2.05, 4.69) is 20.4 Å². The van der Waals surface area contributed by atoms with Gasteiger partial charge in [0.05, 0.1) is 25.9 Å². The van der Waals surface area contributed by atoms with Gasteiger partial charge in [0, 0.05) is 25.6 Å². The van der Waals surface area contributed by atoms with Crippen LogP contribution in [0.3, 0.4) is 0 Å². The molecule has 0 unspecified atom stereocenters. The Bertz CT molecular complexity index is 539. The topological polar surface area (TPSA) is 65.3 Å². The summed E-state index contributed by atoms with van der Waals surface area (Å²) in [6.45, 7) is 0.877. The van der Waals surface area contributed by atoms with Gasteiger partial charge in [0.2, 0.25) is 0 Å². The maximum atomic E-state index is 12.6. The maximum absolute atomic E-state index is 12.6. The second-order valence-electron chi connectivity index (χ2n) is 6.35. The number of nitrogens with zero attached hydrogens (tertiary/aromatic N) is 5. The zero-order valence-electron chi connectivity index (χ0n) is 13.6. The fraction of sp³-hybridized carbons (Fsp3) is 0.929. The Labute approximate surface area is 138 Å². The Morgan fingerprint density at radius 3 is 2.92 bits per heavy atom. The van der Waals surface area contributed by atoms with Gasteiger partial charge in [0.1, 0.15) is 6.54 Å². The average molecular weight is 349 g/mol. The van der Waals surface area contributed by atoms with E-state index >= 15 is 0 Å². The van der Waals surface area contributed by atoms with Crippen LogP contribution < -0.4 is 0 Å². The van der Waals surface area contributed by atoms with Gasteiger partial charge in [-0.25, -0.2) is 4.68 Å². The molecule has 136 valence electrons. The number of rotatable bonds is 5. The van der Waals surface area contributed by atoms with E-state index in [0.717, 1.165) is 23.9 Å². The Hall–Kier alpha value is -1.26. The zero-order chi connectivity index (χ0) is 17.2. The van der Waals surface area contributed by atoms with Crippen LogP contribution in [-0.2, 0) is 22.6 Å². The number of methoxy groups -OCH3 is 1. The van der Waals surface area contributed by atoms with Crippen molar-refractivity contribution in [3.05, 3.63) is 5.82 Å². The molecule has 3 atom stereocenters. The molecule has 0 bridgehead atoms. The number of alkyl halides is 3. The molecular formula is C14H22F3N5O2. The van der Waals surface area contributed by atoms with Crippen molar-refractivity contribution in [2.45, 2.75) is 50.7 Å². The Morgan fingerprint density at radius 1 is 1.33 bits per heavy atom. The molecule has 1 aromatic rings. The third kappa shape index (κ3) is 4.04. The highest BCUT2D eigenvalue weighted by Gasteiger charge is 2.39. The molecule has 2 aliphatic rings. The van der Waals surface area contributed by atoms with Gasteiger partial charge in [-0.05, 0) is 23.3 Å². The number of tetrazole rings is 1. The minimum Gasteiger partial charge on any atom is -0.381 e. The molecule has 24 heavy (non-hydrogen) atoms. The predicted molar refractivity (Wildman–Crippen MR) is 77.0 cm³/mol. The van der Waals surface area contributed by atoms with E-state index in [0.29, 0.717) is 25.7 Å². The number of ether oxygens (including phenoxy) is 2. The lowest BCUT2D eigenvalue weighted by Gasteiger charge is -2.40. The van der Waals surface area contributed by atoms with Crippen molar-refractivity contribution < 1.29 is 22.6 Å². The summed E-state index contributed by atoms with van der Waals surface area (Å²) in [4.78, 5) is 2.13. The molecule has 1 saturated carbocycles. The summed E-state index contributed by atoms with van der Waals surface area (Å²) < 4.78 is 49.9. The zero-order valence-corrected chi connectivity index (χ0v) is 13.6. The molecule has 1 saturated heterocycles. The van der Waals surface area contributed by atoms with Crippen LogP contribution in [0, 0.1) is 5.92 Å². The first-order chi connectivity index (χ1) is 11.5. The molecule has 1 aliphatic carbocycles. The molecule has 0 amide bonds. The van der Waals surface area contributed by atoms with Gasteiger partial charge in [-0.3, -0.25) is 4.90 Å². The summed E-state index contributed by atoms with van der Waals surface area (Å²) in [5.41, 5.74) is 0. The molecule has 0 radical (unpaired) electrons. The molecule has 0 spiro atoms. The highest BCUT2D eigenvalue weighted by molar-refractivity contribution is 4.93. The first kappa shape index (κ1) is 17.6. The predicted octanol–water partition coefficient (Wildman–Crippen LogP) is 1.25. The normalized spacial score (nSPS) is 29.2. The van der Waals surface area contributed by atoms with Crippen LogP contribution in [0.4, 0.5) is 13.2 Å². The quantitative estimate of drug-likeness (QED) is 0.797. The number of aromatic nitrogens is 4. The lowest BCUT2D eigenvalue weighted by Crippen LogP contribution is -2.51. The molecule has 3 rings (SSSR count). The van der Waals surface area contributed by atoms with E-state index in [1.165, 1.54) is 0 Å². The maximum Gasteiger partial charge on any atom is 0.408 e. The van der Waals surface area contributed by atoms with Crippen LogP contribution in [0.1, 0.15) is 25.1 Å². The summed E-state index contributed by atoms with van der Waals surface area (Å²) in [7, 11) is 1.71. The van der Waals surface area contributed by atoms with Crippen molar-refractivity contribution in [1.29, 1.82) is 0 Å². The van der Waals surface area contributed by atoms with Crippen molar-refractivity contribution in [3.8, 4) is 0 Å². The Kier molecular flexibility index (Phi) is 5.36. The van der Waals surface area contributed by atoms with Crippen LogP contribution >= 0.6 is 0 Å². The average Bonchev–Trinajstić information content (AvgIpc) is 3.16. The molecule has 0 aromatic carbocycles. The van der Waals surface area contributed by atoms with Crippen molar-refractivity contribution in [2.24, 2.45) is 5.92 Å². The SMILES string of the molecule is CO[C@@H]1CCC[C@@H]1[C@H]1COCCN1Cc1nnnn1CC(F)(F)F. The number of halogens is 3. The Morgan fingerprint density at radius 2 is 2.17 bits per heavy atom. The summed E-state index contributed by atoms with van der Waals surface area (Å²) in [6.07, 6.45) is -1.03. The van der Waals surface area contributed by atoms with Crippen LogP contribution in [-0.4, -0.2) is 70.3 Å². The molecule has 1 aliphatic heterocycles. The first-order valence-corrected chi connectivity index (χ1v) is 8.14. The lowest BCUT2D eigenvalue weighted by atomic mass is 9.94. The largest absolute Gasteiger partial charge is 0.408 e. The molecule has 0 N–H and O–H groups in total. The number of morpholine rings is 1. The van der Waals surface area contributed by atoms with E-state index in [-0.39, 0.29) is 24.5 Å². The van der Waals surface area contributed by atoms with Gasteiger partial charge in [0.25, 0.3) is 0 Å². The second-order valence-corrected chi connectivity index (χ2v) is 6.35. The van der Waals surface area contributed by atoms with E-state index in [1.807, 2.05) is 0 Å². The molecule has 2 fully saturated rings. The van der Waals surface area contributed by atoms with Crippen molar-refractivity contribution in [1.82, 2.24) is 25.1 Å². The van der Waals surface area contributed by atoms with Crippen molar-refractivity contribution in [3.63, 3.8) is 0 Å². The standard InChI is InChI=1S/C14H22F3N5O2/c1-23-12-4-2-3-10(12)11-8-24-6-5-21(11)7-13-18-19-20-22(13)9-14(15,16)17/h10-12H,2-9H2,1H3/t10-,11-,12-/m1/s1. The van der Waals surface area contributed by atoms with E-state index in [9.17, 15) is 13.2 Å². The number of hydrogen-bond donors (Lipinski definition) is 0. The minimum atomic E-state index is -4.35. The third-order valence-corrected chi connectivity index (χ3v) is 4.86. The highest BCUT2D eigenvalue weighted by atomic mass is 19.4. The Balaban J connectivity index is 1.72. The summed E-state index contributed by atoms with van der Waals surface area (Å²) in [6, 6.07) is 0.113. The van der Waals surface area contributed by atoms with Gasteiger partial charge in [0.15, 0.2) is 5.82 Å². The fourth-order valence-electron chi connectivity index (χ4n) is 3.75. The smallest absolute Gasteiger partial charge is 0.381 e. The number of hydrogen-bond acceptors (Lipinski definition) is 6. The monoisotopic (exact) mass is 349 g/mol. The first-order valence-electron chi connectivity index (χ1n) is 8.14. The van der Waals surface area contributed by atoms with Gasteiger partial charge in [-0.15, -0.1) is 5.10 Å². The molecule has 10 heteroatoms. The van der Waals surface area contributed by atoms with E-state index in [1.54, 1.807) is 7.11 Å². The third-order valence-electron chi connectivity index (χ3n) is 4.86. The van der Waals surface area contributed by atoms with Crippen molar-refractivity contribution in [2.75, 3.05) is 26.9 Å². The van der Waals surface area contributed by atoms with Crippen LogP contribution in [0.5, 0.6) is 0 Å². The highest BCUT2D eigenvalue weighted by Crippen LogP contribution is 2.34. The summed E-state index contributed by atoms with van der Waals surface area (Å²) >= 11 is 0. The lowest BCUT2D eigenvalue weighted by molar-refractivity contribution is -0.143. The van der Waals surface area contributed by atoms with Gasteiger partial charge < -0.3 is 9.47 Å². The van der Waals surface area contributed by atoms with Crippen molar-refractivity contribution >= 4 is 0 Å². The van der Waals surface area contributed by atoms with Crippen LogP contribution in [0.2, 0.25) is 0 Å². The van der Waals surface area contributed by atoms with Crippen LogP contribution in [0.25, 0.3) is 0 Å².